The lowest BCUT2D eigenvalue weighted by Gasteiger charge is -2.47. The van der Waals surface area contributed by atoms with Gasteiger partial charge in [-0.25, -0.2) is 4.98 Å². The van der Waals surface area contributed by atoms with Crippen molar-refractivity contribution in [2.75, 3.05) is 6.54 Å². The lowest BCUT2D eigenvalue weighted by molar-refractivity contribution is -0.169. The van der Waals surface area contributed by atoms with Crippen molar-refractivity contribution >= 4 is 28.8 Å². The summed E-state index contributed by atoms with van der Waals surface area (Å²) in [5.74, 6) is -0.235. The van der Waals surface area contributed by atoms with Gasteiger partial charge >= 0.3 is 0 Å². The van der Waals surface area contributed by atoms with Gasteiger partial charge in [0.15, 0.2) is 0 Å². The second-order valence-corrected chi connectivity index (χ2v) is 8.91. The van der Waals surface area contributed by atoms with Gasteiger partial charge in [0, 0.05) is 12.5 Å². The van der Waals surface area contributed by atoms with Crippen molar-refractivity contribution in [1.82, 2.24) is 19.8 Å². The minimum Gasteiger partial charge on any atom is -0.347 e. The summed E-state index contributed by atoms with van der Waals surface area (Å²) >= 11 is 0. The number of para-hydroxylation sites is 2. The quantitative estimate of drug-likeness (QED) is 0.787. The highest BCUT2D eigenvalue weighted by atomic mass is 16.2. The van der Waals surface area contributed by atoms with Crippen LogP contribution in [0.15, 0.2) is 24.3 Å². The molecule has 1 aromatic heterocycles. The summed E-state index contributed by atoms with van der Waals surface area (Å²) in [5.41, 5.74) is 0.932. The van der Waals surface area contributed by atoms with E-state index in [-0.39, 0.29) is 42.1 Å². The fourth-order valence-electron chi connectivity index (χ4n) is 5.04. The van der Waals surface area contributed by atoms with Crippen molar-refractivity contribution in [2.24, 2.45) is 16.7 Å². The molecule has 1 saturated carbocycles. The summed E-state index contributed by atoms with van der Waals surface area (Å²) in [5, 5.41) is 2.84. The Hall–Kier alpha value is -2.70. The minimum absolute atomic E-state index is 0.206. The molecule has 0 unspecified atom stereocenters. The molecule has 0 radical (unpaired) electrons. The first-order chi connectivity index (χ1) is 13.7. The Balaban J connectivity index is 1.47. The van der Waals surface area contributed by atoms with E-state index in [2.05, 4.69) is 14.9 Å². The van der Waals surface area contributed by atoms with Crippen molar-refractivity contribution in [1.29, 1.82) is 0 Å². The fraction of sp³-hybridized carbons (Fsp3) is 0.545. The maximum Gasteiger partial charge on any atom is 0.240 e. The highest BCUT2D eigenvalue weighted by Gasteiger charge is 2.64. The molecule has 4 rings (SSSR count). The Morgan fingerprint density at radius 1 is 1.24 bits per heavy atom. The molecule has 2 aromatic rings. The number of piperidine rings is 1. The molecule has 2 atom stereocenters. The molecule has 1 aliphatic carbocycles. The summed E-state index contributed by atoms with van der Waals surface area (Å²) in [6.45, 7) is 8.71. The first-order valence-corrected chi connectivity index (χ1v) is 10.3. The number of hydrogen-bond acceptors (Lipinski definition) is 4. The first kappa shape index (κ1) is 19.6. The molecule has 154 valence electrons. The van der Waals surface area contributed by atoms with Crippen LogP contribution in [-0.4, -0.2) is 38.7 Å². The third kappa shape index (κ3) is 2.78. The summed E-state index contributed by atoms with van der Waals surface area (Å²) in [6, 6.07) is 7.83. The summed E-state index contributed by atoms with van der Waals surface area (Å²) < 4.78 is 2.05. The topological polar surface area (TPSA) is 84.3 Å². The molecular formula is C22H28N4O3. The molecule has 1 aliphatic heterocycles. The predicted molar refractivity (Wildman–Crippen MR) is 109 cm³/mol. The maximum absolute atomic E-state index is 13.1. The number of aryl methyl sites for hydroxylation is 1. The highest BCUT2D eigenvalue weighted by Crippen LogP contribution is 2.59. The van der Waals surface area contributed by atoms with Gasteiger partial charge in [-0.2, -0.15) is 0 Å². The average Bonchev–Trinajstić information content (AvgIpc) is 3.14. The smallest absolute Gasteiger partial charge is 0.240 e. The van der Waals surface area contributed by atoms with Crippen LogP contribution in [0.3, 0.4) is 0 Å². The van der Waals surface area contributed by atoms with Gasteiger partial charge in [-0.05, 0) is 37.3 Å². The molecule has 2 heterocycles. The van der Waals surface area contributed by atoms with Crippen LogP contribution in [0.2, 0.25) is 0 Å². The highest BCUT2D eigenvalue weighted by molar-refractivity contribution is 6.06. The van der Waals surface area contributed by atoms with Crippen molar-refractivity contribution in [3.63, 3.8) is 0 Å². The summed E-state index contributed by atoms with van der Waals surface area (Å²) in [6.07, 6.45) is 1.39. The number of benzene rings is 1. The average molecular weight is 396 g/mol. The zero-order valence-electron chi connectivity index (χ0n) is 17.5. The van der Waals surface area contributed by atoms with E-state index in [0.29, 0.717) is 12.8 Å². The maximum atomic E-state index is 13.1. The number of rotatable bonds is 5. The van der Waals surface area contributed by atoms with Gasteiger partial charge in [0.05, 0.1) is 23.0 Å². The van der Waals surface area contributed by atoms with E-state index in [1.807, 2.05) is 52.0 Å². The Morgan fingerprint density at radius 2 is 1.97 bits per heavy atom. The van der Waals surface area contributed by atoms with Gasteiger partial charge in [-0.1, -0.05) is 32.9 Å². The molecule has 7 nitrogen and oxygen atoms in total. The van der Waals surface area contributed by atoms with Crippen molar-refractivity contribution in [3.05, 3.63) is 30.1 Å². The molecular weight excluding hydrogens is 368 g/mol. The standard InChI is InChI=1S/C22H28N4O3/c1-5-25-16-9-7-6-8-15(16)24-17(25)12-23-18(27)13-26-19(28)14-10-11-22(4,20(26)29)21(14,2)3/h6-9,14H,5,10-13H2,1-4H3,(H,23,27)/t14-,22+/m1/s1. The number of carbonyl (C=O) groups is 3. The van der Waals surface area contributed by atoms with Gasteiger partial charge in [0.25, 0.3) is 0 Å². The van der Waals surface area contributed by atoms with E-state index in [0.717, 1.165) is 23.4 Å². The number of hydrogen-bond donors (Lipinski definition) is 1. The Bertz CT molecular complexity index is 1010. The normalized spacial score (nSPS) is 25.7. The number of aromatic nitrogens is 2. The zero-order chi connectivity index (χ0) is 21.0. The van der Waals surface area contributed by atoms with Crippen LogP contribution in [0.25, 0.3) is 11.0 Å². The molecule has 0 spiro atoms. The van der Waals surface area contributed by atoms with Gasteiger partial charge in [-0.15, -0.1) is 0 Å². The van der Waals surface area contributed by atoms with Gasteiger partial charge in [0.2, 0.25) is 17.7 Å². The van der Waals surface area contributed by atoms with Gasteiger partial charge in [0.1, 0.15) is 12.4 Å². The second-order valence-electron chi connectivity index (χ2n) is 8.91. The lowest BCUT2D eigenvalue weighted by Crippen LogP contribution is -2.60. The summed E-state index contributed by atoms with van der Waals surface area (Å²) in [7, 11) is 0. The van der Waals surface area contributed by atoms with Gasteiger partial charge < -0.3 is 9.88 Å². The fourth-order valence-corrected chi connectivity index (χ4v) is 5.04. The third-order valence-corrected chi connectivity index (χ3v) is 7.30. The van der Waals surface area contributed by atoms with Crippen molar-refractivity contribution in [3.8, 4) is 0 Å². The SMILES string of the molecule is CCn1c(CNC(=O)CN2C(=O)[C@H]3CC[C@@](C)(C2=O)C3(C)C)nc2ccccc21. The lowest BCUT2D eigenvalue weighted by atomic mass is 9.62. The number of imidazole rings is 1. The van der Waals surface area contributed by atoms with E-state index < -0.39 is 5.41 Å². The van der Waals surface area contributed by atoms with Crippen LogP contribution >= 0.6 is 0 Å². The van der Waals surface area contributed by atoms with Crippen LogP contribution in [0.1, 0.15) is 46.4 Å². The molecule has 1 N–H and O–H groups in total. The Morgan fingerprint density at radius 3 is 2.69 bits per heavy atom. The number of fused-ring (bicyclic) bond motifs is 3. The molecule has 2 bridgehead atoms. The summed E-state index contributed by atoms with van der Waals surface area (Å²) in [4.78, 5) is 44.3. The van der Waals surface area contributed by atoms with E-state index in [1.165, 1.54) is 4.90 Å². The largest absolute Gasteiger partial charge is 0.347 e. The van der Waals surface area contributed by atoms with Crippen molar-refractivity contribution < 1.29 is 14.4 Å². The zero-order valence-corrected chi connectivity index (χ0v) is 17.5. The van der Waals surface area contributed by atoms with Gasteiger partial charge in [-0.3, -0.25) is 19.3 Å². The van der Waals surface area contributed by atoms with Crippen LogP contribution in [0.4, 0.5) is 0 Å². The van der Waals surface area contributed by atoms with E-state index >= 15 is 0 Å². The third-order valence-electron chi connectivity index (χ3n) is 7.30. The Labute approximate surface area is 170 Å². The Kier molecular flexibility index (Phi) is 4.52. The first-order valence-electron chi connectivity index (χ1n) is 10.3. The van der Waals surface area contributed by atoms with Crippen LogP contribution in [0, 0.1) is 16.7 Å². The van der Waals surface area contributed by atoms with E-state index in [1.54, 1.807) is 0 Å². The molecule has 2 aliphatic rings. The number of nitrogens with zero attached hydrogens (tertiary/aromatic N) is 3. The van der Waals surface area contributed by atoms with E-state index in [4.69, 9.17) is 0 Å². The molecule has 1 saturated heterocycles. The molecule has 7 heteroatoms. The van der Waals surface area contributed by atoms with Crippen LogP contribution < -0.4 is 5.32 Å². The monoisotopic (exact) mass is 396 g/mol. The number of amides is 3. The number of carbonyl (C=O) groups excluding carboxylic acids is 3. The molecule has 1 aromatic carbocycles. The molecule has 29 heavy (non-hydrogen) atoms. The van der Waals surface area contributed by atoms with Crippen LogP contribution in [0.5, 0.6) is 0 Å². The molecule has 2 fully saturated rings. The number of nitrogens with one attached hydrogen (secondary N) is 1. The number of likely N-dealkylation sites (tertiary alicyclic amines) is 1. The predicted octanol–water partition coefficient (Wildman–Crippen LogP) is 2.48. The number of imide groups is 1. The van der Waals surface area contributed by atoms with Crippen LogP contribution in [-0.2, 0) is 27.5 Å². The molecule has 3 amide bonds. The van der Waals surface area contributed by atoms with E-state index in [9.17, 15) is 14.4 Å². The van der Waals surface area contributed by atoms with Crippen molar-refractivity contribution in [2.45, 2.75) is 53.6 Å². The minimum atomic E-state index is -0.595. The second kappa shape index (κ2) is 6.68.